The fourth-order valence-corrected chi connectivity index (χ4v) is 11.6. The molecule has 1 N–H and O–H groups in total. The molecule has 11 heteroatoms. The summed E-state index contributed by atoms with van der Waals surface area (Å²) in [5, 5.41) is 12.4. The van der Waals surface area contributed by atoms with Gasteiger partial charge in [-0.05, 0) is 117 Å². The lowest BCUT2D eigenvalue weighted by Crippen LogP contribution is -2.35. The Morgan fingerprint density at radius 1 is 0.674 bits per heavy atom. The summed E-state index contributed by atoms with van der Waals surface area (Å²) in [5.41, 5.74) is 0.382. The largest absolute Gasteiger partial charge is 0.497 e. The van der Waals surface area contributed by atoms with Crippen LogP contribution in [0.5, 0.6) is 11.5 Å². The van der Waals surface area contributed by atoms with Gasteiger partial charge < -0.3 is 32.7 Å². The van der Waals surface area contributed by atoms with Crippen molar-refractivity contribution in [1.29, 1.82) is 0 Å². The molecule has 0 bridgehead atoms. The van der Waals surface area contributed by atoms with E-state index in [0.717, 1.165) is 11.1 Å². The highest BCUT2D eigenvalue weighted by Crippen LogP contribution is 2.80. The molecule has 0 spiro atoms. The van der Waals surface area contributed by atoms with Crippen LogP contribution in [-0.2, 0) is 32.8 Å². The third-order valence-corrected chi connectivity index (χ3v) is 15.0. The molecule has 2 unspecified atom stereocenters. The summed E-state index contributed by atoms with van der Waals surface area (Å²) in [7, 11) is -5.09. The number of rotatable bonds is 20. The van der Waals surface area contributed by atoms with E-state index >= 15 is 0 Å². The van der Waals surface area contributed by atoms with Gasteiger partial charge in [0.25, 0.3) is 0 Å². The van der Waals surface area contributed by atoms with Gasteiger partial charge in [0.2, 0.25) is 0 Å². The van der Waals surface area contributed by atoms with Crippen LogP contribution in [0.3, 0.4) is 0 Å². The van der Waals surface area contributed by atoms with E-state index in [1.54, 1.807) is 76.5 Å². The normalized spacial score (nSPS) is 15.1. The van der Waals surface area contributed by atoms with Gasteiger partial charge in [-0.25, -0.2) is 0 Å². The van der Waals surface area contributed by atoms with Crippen LogP contribution < -0.4 is 9.47 Å². The maximum absolute atomic E-state index is 15.0. The van der Waals surface area contributed by atoms with Gasteiger partial charge in [0.15, 0.2) is 4.90 Å². The number of hydrogen-bond acceptors (Lipinski definition) is 9. The monoisotopic (exact) mass is 684 g/mol. The molecule has 0 aliphatic carbocycles. The molecule has 2 aromatic rings. The lowest BCUT2D eigenvalue weighted by atomic mass is 9.73. The number of methoxy groups -OCH3 is 2. The van der Waals surface area contributed by atoms with Crippen molar-refractivity contribution in [3.63, 3.8) is 0 Å². The maximum Gasteiger partial charge on any atom is 0.349 e. The highest BCUT2D eigenvalue weighted by molar-refractivity contribution is 7.74. The second kappa shape index (κ2) is 17.1. The van der Waals surface area contributed by atoms with Crippen LogP contribution in [-0.4, -0.2) is 48.6 Å². The average molecular weight is 685 g/mol. The third kappa shape index (κ3) is 9.69. The summed E-state index contributed by atoms with van der Waals surface area (Å²) in [5.74, 6) is 1.000. The van der Waals surface area contributed by atoms with Crippen LogP contribution in [0.15, 0.2) is 48.5 Å². The molecule has 0 radical (unpaired) electrons. The van der Waals surface area contributed by atoms with Gasteiger partial charge in [-0.1, -0.05) is 37.6 Å². The van der Waals surface area contributed by atoms with E-state index in [9.17, 15) is 14.2 Å². The summed E-state index contributed by atoms with van der Waals surface area (Å²) in [6.45, 7) is 17.7. The fraction of sp³-hybridized carbons (Fsp3) is 0.657. The van der Waals surface area contributed by atoms with Crippen molar-refractivity contribution in [2.45, 2.75) is 136 Å². The molecule has 0 aromatic heterocycles. The second-order valence-corrected chi connectivity index (χ2v) is 18.2. The molecule has 0 aliphatic rings. The minimum Gasteiger partial charge on any atom is -0.497 e. The lowest BCUT2D eigenvalue weighted by molar-refractivity contribution is -0.000995. The molecule has 0 aliphatic heterocycles. The zero-order chi connectivity index (χ0) is 34.9. The summed E-state index contributed by atoms with van der Waals surface area (Å²) in [4.78, 5) is -1.65. The van der Waals surface area contributed by atoms with E-state index < -0.39 is 56.0 Å². The standard InChI is InChI=1S/C35H58O9P2/c1-13-35(36,30-18-22-32(40-12)23-19-30)33(29-16-20-31(39-11)21-17-29)15-14-24-34(10,45(37,41-25(2)3)42-26(4)5)46(38,43-27(6)7)44-28(8)9/h16-23,25-28,33,36H,13-15,24H2,1-12H3. The Kier molecular flexibility index (Phi) is 15.1. The Bertz CT molecular complexity index is 1230. The number of hydrogen-bond donors (Lipinski definition) is 1. The topological polar surface area (TPSA) is 110 Å². The third-order valence-electron chi connectivity index (χ3n) is 7.95. The number of aliphatic hydroxyl groups is 1. The first-order valence-electron chi connectivity index (χ1n) is 16.3. The Balaban J connectivity index is 2.71. The summed E-state index contributed by atoms with van der Waals surface area (Å²) in [6, 6.07) is 15.1. The molecule has 9 nitrogen and oxygen atoms in total. The molecular weight excluding hydrogens is 626 g/mol. The van der Waals surface area contributed by atoms with Crippen LogP contribution >= 0.6 is 15.2 Å². The quantitative estimate of drug-likeness (QED) is 0.136. The van der Waals surface area contributed by atoms with E-state index in [4.69, 9.17) is 27.6 Å². The molecule has 2 atom stereocenters. The average Bonchev–Trinajstić information content (AvgIpc) is 2.97. The molecule has 0 amide bonds. The molecule has 46 heavy (non-hydrogen) atoms. The van der Waals surface area contributed by atoms with Gasteiger partial charge in [-0.15, -0.1) is 0 Å². The molecule has 2 rings (SSSR count). The first-order valence-corrected chi connectivity index (χ1v) is 19.4. The lowest BCUT2D eigenvalue weighted by Gasteiger charge is -2.43. The first-order chi connectivity index (χ1) is 21.4. The summed E-state index contributed by atoms with van der Waals surface area (Å²) >= 11 is 0. The van der Waals surface area contributed by atoms with Crippen LogP contribution in [0.2, 0.25) is 0 Å². The van der Waals surface area contributed by atoms with Crippen LogP contribution in [0.1, 0.15) is 112 Å². The maximum atomic E-state index is 15.0. The molecule has 0 saturated carbocycles. The van der Waals surface area contributed by atoms with E-state index in [0.29, 0.717) is 30.8 Å². The first kappa shape index (κ1) is 40.5. The van der Waals surface area contributed by atoms with Gasteiger partial charge in [0.1, 0.15) is 11.5 Å². The molecule has 0 saturated heterocycles. The Hall–Kier alpha value is -1.70. The molecule has 2 aromatic carbocycles. The minimum atomic E-state index is -4.15. The second-order valence-electron chi connectivity index (χ2n) is 13.1. The Morgan fingerprint density at radius 3 is 1.37 bits per heavy atom. The van der Waals surface area contributed by atoms with E-state index in [2.05, 4.69) is 0 Å². The predicted octanol–water partition coefficient (Wildman–Crippen LogP) is 10.1. The van der Waals surface area contributed by atoms with Crippen molar-refractivity contribution in [2.75, 3.05) is 14.2 Å². The number of benzene rings is 2. The Morgan fingerprint density at radius 2 is 1.04 bits per heavy atom. The van der Waals surface area contributed by atoms with Gasteiger partial charge in [-0.2, -0.15) is 0 Å². The van der Waals surface area contributed by atoms with Gasteiger partial charge >= 0.3 is 15.2 Å². The predicted molar refractivity (Wildman–Crippen MR) is 185 cm³/mol. The van der Waals surface area contributed by atoms with Crippen molar-refractivity contribution in [3.8, 4) is 11.5 Å². The SMILES string of the molecule is CCC(O)(c1ccc(OC)cc1)C(CCCC(C)(P(=O)(OC(C)C)OC(C)C)P(=O)(OC(C)C)OC(C)C)c1ccc(OC)cc1. The van der Waals surface area contributed by atoms with E-state index in [1.165, 1.54) is 0 Å². The summed E-state index contributed by atoms with van der Waals surface area (Å²) < 4.78 is 65.1. The van der Waals surface area contributed by atoms with Gasteiger partial charge in [0.05, 0.1) is 44.2 Å². The fourth-order valence-electron chi connectivity index (χ4n) is 5.73. The number of ether oxygens (including phenoxy) is 2. The van der Waals surface area contributed by atoms with Gasteiger partial charge in [0, 0.05) is 5.92 Å². The van der Waals surface area contributed by atoms with Crippen molar-refractivity contribution in [3.05, 3.63) is 59.7 Å². The molecule has 262 valence electrons. The zero-order valence-corrected chi connectivity index (χ0v) is 31.7. The molecule has 0 fully saturated rings. The van der Waals surface area contributed by atoms with Crippen LogP contribution in [0.4, 0.5) is 0 Å². The zero-order valence-electron chi connectivity index (χ0n) is 29.9. The van der Waals surface area contributed by atoms with Crippen LogP contribution in [0.25, 0.3) is 0 Å². The van der Waals surface area contributed by atoms with Crippen molar-refractivity contribution in [1.82, 2.24) is 0 Å². The van der Waals surface area contributed by atoms with Gasteiger partial charge in [-0.3, -0.25) is 9.13 Å². The van der Waals surface area contributed by atoms with Crippen LogP contribution in [0, 0.1) is 0 Å². The van der Waals surface area contributed by atoms with Crippen molar-refractivity contribution < 1.29 is 41.8 Å². The minimum absolute atomic E-state index is 0.121. The summed E-state index contributed by atoms with van der Waals surface area (Å²) in [6.07, 6.45) is -0.549. The highest BCUT2D eigenvalue weighted by atomic mass is 31.2. The van der Waals surface area contributed by atoms with E-state index in [-0.39, 0.29) is 6.42 Å². The molecular formula is C35H58O9P2. The smallest absolute Gasteiger partial charge is 0.349 e. The Labute approximate surface area is 277 Å². The highest BCUT2D eigenvalue weighted by Gasteiger charge is 2.63. The van der Waals surface area contributed by atoms with Crippen molar-refractivity contribution in [2.24, 2.45) is 0 Å². The van der Waals surface area contributed by atoms with Crippen molar-refractivity contribution >= 4 is 15.2 Å². The molecule has 0 heterocycles. The van der Waals surface area contributed by atoms with E-state index in [1.807, 2.05) is 55.5 Å².